The predicted molar refractivity (Wildman–Crippen MR) is 89.5 cm³/mol. The Hall–Kier alpha value is -1.75. The van der Waals surface area contributed by atoms with Gasteiger partial charge >= 0.3 is 0 Å². The number of nitrogens with one attached hydrogen (secondary N) is 1. The van der Waals surface area contributed by atoms with Crippen molar-refractivity contribution in [3.8, 4) is 5.75 Å². The highest BCUT2D eigenvalue weighted by Gasteiger charge is 2.25. The zero-order chi connectivity index (χ0) is 15.9. The van der Waals surface area contributed by atoms with Crippen LogP contribution in [0.25, 0.3) is 0 Å². The Morgan fingerprint density at radius 2 is 2.05 bits per heavy atom. The van der Waals surface area contributed by atoms with Gasteiger partial charge in [0, 0.05) is 44.5 Å². The van der Waals surface area contributed by atoms with Gasteiger partial charge in [-0.1, -0.05) is 13.0 Å². The number of carbonyl (C=O) groups is 1. The lowest BCUT2D eigenvalue weighted by atomic mass is 10.2. The molecular formula is C17H27N3O2. The molecule has 0 spiro atoms. The molecule has 1 aromatic carbocycles. The van der Waals surface area contributed by atoms with E-state index in [-0.39, 0.29) is 11.9 Å². The van der Waals surface area contributed by atoms with E-state index < -0.39 is 0 Å². The van der Waals surface area contributed by atoms with Crippen molar-refractivity contribution in [2.24, 2.45) is 0 Å². The Kier molecular flexibility index (Phi) is 6.07. The van der Waals surface area contributed by atoms with E-state index in [0.717, 1.165) is 44.9 Å². The Morgan fingerprint density at radius 1 is 1.32 bits per heavy atom. The van der Waals surface area contributed by atoms with Crippen molar-refractivity contribution in [2.75, 3.05) is 44.7 Å². The first kappa shape index (κ1) is 16.6. The number of nitrogens with zero attached hydrogens (tertiary/aromatic N) is 2. The Morgan fingerprint density at radius 3 is 2.68 bits per heavy atom. The predicted octanol–water partition coefficient (Wildman–Crippen LogP) is 1.73. The van der Waals surface area contributed by atoms with Crippen LogP contribution >= 0.6 is 0 Å². The van der Waals surface area contributed by atoms with Gasteiger partial charge in [0.1, 0.15) is 5.75 Å². The number of anilines is 1. The largest absolute Gasteiger partial charge is 0.497 e. The summed E-state index contributed by atoms with van der Waals surface area (Å²) < 4.78 is 5.28. The third-order valence-electron chi connectivity index (χ3n) is 4.21. The number of benzene rings is 1. The lowest BCUT2D eigenvalue weighted by Gasteiger charge is -2.38. The molecule has 0 aliphatic carbocycles. The van der Waals surface area contributed by atoms with E-state index in [1.165, 1.54) is 5.69 Å². The van der Waals surface area contributed by atoms with Gasteiger partial charge in [-0.05, 0) is 25.5 Å². The average molecular weight is 305 g/mol. The number of carbonyl (C=O) groups excluding carboxylic acids is 1. The van der Waals surface area contributed by atoms with Crippen molar-refractivity contribution in [3.63, 3.8) is 0 Å². The summed E-state index contributed by atoms with van der Waals surface area (Å²) >= 11 is 0. The van der Waals surface area contributed by atoms with Crippen LogP contribution in [0.4, 0.5) is 5.69 Å². The lowest BCUT2D eigenvalue weighted by molar-refractivity contribution is -0.126. The molecule has 0 saturated carbocycles. The zero-order valence-corrected chi connectivity index (χ0v) is 13.8. The Balaban J connectivity index is 1.88. The smallest absolute Gasteiger partial charge is 0.237 e. The van der Waals surface area contributed by atoms with Crippen LogP contribution < -0.4 is 15.0 Å². The first-order valence-corrected chi connectivity index (χ1v) is 8.06. The van der Waals surface area contributed by atoms with E-state index in [0.29, 0.717) is 0 Å². The minimum Gasteiger partial charge on any atom is -0.497 e. The second kappa shape index (κ2) is 8.03. The molecule has 1 aliphatic heterocycles. The molecule has 5 heteroatoms. The van der Waals surface area contributed by atoms with E-state index in [2.05, 4.69) is 34.2 Å². The fourth-order valence-electron chi connectivity index (χ4n) is 2.74. The lowest BCUT2D eigenvalue weighted by Crippen LogP contribution is -2.54. The number of hydrogen-bond acceptors (Lipinski definition) is 4. The molecule has 1 aromatic rings. The van der Waals surface area contributed by atoms with E-state index in [1.807, 2.05) is 19.1 Å². The maximum absolute atomic E-state index is 12.1. The van der Waals surface area contributed by atoms with Crippen LogP contribution in [0, 0.1) is 0 Å². The number of amides is 1. The number of hydrogen-bond donors (Lipinski definition) is 1. The van der Waals surface area contributed by atoms with E-state index in [1.54, 1.807) is 7.11 Å². The highest BCUT2D eigenvalue weighted by molar-refractivity contribution is 5.81. The minimum atomic E-state index is -0.0565. The van der Waals surface area contributed by atoms with Crippen molar-refractivity contribution >= 4 is 11.6 Å². The maximum Gasteiger partial charge on any atom is 0.237 e. The van der Waals surface area contributed by atoms with Crippen molar-refractivity contribution in [3.05, 3.63) is 24.3 Å². The molecule has 1 heterocycles. The summed E-state index contributed by atoms with van der Waals surface area (Å²) in [6, 6.07) is 8.09. The molecule has 0 radical (unpaired) electrons. The molecule has 1 N–H and O–H groups in total. The summed E-state index contributed by atoms with van der Waals surface area (Å²) in [5.41, 5.74) is 1.18. The maximum atomic E-state index is 12.1. The molecule has 122 valence electrons. The second-order valence-electron chi connectivity index (χ2n) is 5.69. The van der Waals surface area contributed by atoms with Crippen LogP contribution in [0.15, 0.2) is 24.3 Å². The molecular weight excluding hydrogens is 278 g/mol. The molecule has 1 saturated heterocycles. The Labute approximate surface area is 133 Å². The molecule has 0 bridgehead atoms. The van der Waals surface area contributed by atoms with Gasteiger partial charge in [0.2, 0.25) is 5.91 Å². The molecule has 1 aliphatic rings. The molecule has 2 rings (SSSR count). The van der Waals surface area contributed by atoms with E-state index in [9.17, 15) is 4.79 Å². The van der Waals surface area contributed by atoms with Gasteiger partial charge in [-0.2, -0.15) is 0 Å². The Bertz CT molecular complexity index is 485. The van der Waals surface area contributed by atoms with Crippen LogP contribution in [-0.2, 0) is 4.79 Å². The van der Waals surface area contributed by atoms with Gasteiger partial charge in [-0.15, -0.1) is 0 Å². The van der Waals surface area contributed by atoms with Crippen LogP contribution in [0.3, 0.4) is 0 Å². The molecule has 1 atom stereocenters. The molecule has 5 nitrogen and oxygen atoms in total. The fraction of sp³-hybridized carbons (Fsp3) is 0.588. The molecule has 0 aromatic heterocycles. The number of rotatable bonds is 6. The quantitative estimate of drug-likeness (QED) is 0.869. The topological polar surface area (TPSA) is 44.8 Å². The first-order valence-electron chi connectivity index (χ1n) is 8.06. The number of ether oxygens (including phenoxy) is 1. The summed E-state index contributed by atoms with van der Waals surface area (Å²) in [6.45, 7) is 8.48. The molecule has 1 amide bonds. The van der Waals surface area contributed by atoms with Crippen LogP contribution in [0.2, 0.25) is 0 Å². The van der Waals surface area contributed by atoms with E-state index >= 15 is 0 Å². The van der Waals surface area contributed by atoms with Crippen molar-refractivity contribution in [2.45, 2.75) is 26.3 Å². The SMILES string of the molecule is CCCNC(=O)C(C)N1CCN(c2cccc(OC)c2)CC1. The number of piperazine rings is 1. The van der Waals surface area contributed by atoms with Crippen molar-refractivity contribution < 1.29 is 9.53 Å². The van der Waals surface area contributed by atoms with Crippen molar-refractivity contribution in [1.82, 2.24) is 10.2 Å². The molecule has 22 heavy (non-hydrogen) atoms. The highest BCUT2D eigenvalue weighted by atomic mass is 16.5. The van der Waals surface area contributed by atoms with Gasteiger partial charge in [-0.3, -0.25) is 9.69 Å². The average Bonchev–Trinajstić information content (AvgIpc) is 2.59. The van der Waals surface area contributed by atoms with Gasteiger partial charge in [0.25, 0.3) is 0 Å². The summed E-state index contributed by atoms with van der Waals surface area (Å²) in [5.74, 6) is 1.02. The monoisotopic (exact) mass is 305 g/mol. The standard InChI is InChI=1S/C17H27N3O2/c1-4-8-18-17(21)14(2)19-9-11-20(12-10-19)15-6-5-7-16(13-15)22-3/h5-7,13-14H,4,8-12H2,1-3H3,(H,18,21). The van der Waals surface area contributed by atoms with Gasteiger partial charge in [0.15, 0.2) is 0 Å². The minimum absolute atomic E-state index is 0.0565. The fourth-order valence-corrected chi connectivity index (χ4v) is 2.74. The van der Waals surface area contributed by atoms with Gasteiger partial charge in [0.05, 0.1) is 13.2 Å². The highest BCUT2D eigenvalue weighted by Crippen LogP contribution is 2.22. The third kappa shape index (κ3) is 4.13. The normalized spacial score (nSPS) is 17.1. The van der Waals surface area contributed by atoms with E-state index in [4.69, 9.17) is 4.74 Å². The second-order valence-corrected chi connectivity index (χ2v) is 5.69. The number of methoxy groups -OCH3 is 1. The van der Waals surface area contributed by atoms with Crippen LogP contribution in [-0.4, -0.2) is 56.7 Å². The summed E-state index contributed by atoms with van der Waals surface area (Å²) in [4.78, 5) is 16.6. The van der Waals surface area contributed by atoms with Crippen LogP contribution in [0.1, 0.15) is 20.3 Å². The third-order valence-corrected chi connectivity index (χ3v) is 4.21. The summed E-state index contributed by atoms with van der Waals surface area (Å²) in [5, 5.41) is 2.98. The van der Waals surface area contributed by atoms with Gasteiger partial charge in [-0.25, -0.2) is 0 Å². The first-order chi connectivity index (χ1) is 10.7. The van der Waals surface area contributed by atoms with Gasteiger partial charge < -0.3 is 15.0 Å². The summed E-state index contributed by atoms with van der Waals surface area (Å²) in [7, 11) is 1.69. The molecule has 1 fully saturated rings. The zero-order valence-electron chi connectivity index (χ0n) is 13.8. The molecule has 1 unspecified atom stereocenters. The van der Waals surface area contributed by atoms with Crippen molar-refractivity contribution in [1.29, 1.82) is 0 Å². The summed E-state index contributed by atoms with van der Waals surface area (Å²) in [6.07, 6.45) is 0.974. The van der Waals surface area contributed by atoms with Crippen LogP contribution in [0.5, 0.6) is 5.75 Å².